The van der Waals surface area contributed by atoms with Crippen molar-refractivity contribution in [1.29, 1.82) is 0 Å². The monoisotopic (exact) mass is 425 g/mol. The minimum Gasteiger partial charge on any atom is -0.387 e. The van der Waals surface area contributed by atoms with Gasteiger partial charge in [-0.25, -0.2) is 14.5 Å². The average molecular weight is 426 g/mol. The van der Waals surface area contributed by atoms with Crippen LogP contribution in [0.25, 0.3) is 16.7 Å². The molecule has 0 spiro atoms. The van der Waals surface area contributed by atoms with E-state index in [9.17, 15) is 0 Å². The molecule has 0 amide bonds. The fourth-order valence-corrected chi connectivity index (χ4v) is 3.56. The van der Waals surface area contributed by atoms with E-state index in [-0.39, 0.29) is 6.61 Å². The lowest BCUT2D eigenvalue weighted by Gasteiger charge is -2.12. The highest BCUT2D eigenvalue weighted by Crippen LogP contribution is 2.26. The van der Waals surface area contributed by atoms with Gasteiger partial charge in [0.1, 0.15) is 12.0 Å². The molecule has 0 bridgehead atoms. The lowest BCUT2D eigenvalue weighted by atomic mass is 10.2. The Balaban J connectivity index is 1.59. The summed E-state index contributed by atoms with van der Waals surface area (Å²) < 4.78 is 3.94. The minimum absolute atomic E-state index is 0.156. The van der Waals surface area contributed by atoms with E-state index in [1.165, 1.54) is 11.3 Å². The standard InChI is InChI=1S/C21H24ClN7O/c1-14-15(2)28(10-9-27(3)4)20-19(14)21-25-18(26-29(21)13-23-20)12-30-24-11-16-7-5-6-8-17(16)22/h5-8,11,13H,9-10,12H2,1-4H3. The van der Waals surface area contributed by atoms with Crippen LogP contribution < -0.4 is 0 Å². The van der Waals surface area contributed by atoms with Crippen molar-refractivity contribution >= 4 is 34.5 Å². The first kappa shape index (κ1) is 20.3. The second kappa shape index (κ2) is 8.41. The molecular formula is C21H24ClN7O. The molecule has 0 saturated heterocycles. The zero-order valence-corrected chi connectivity index (χ0v) is 18.3. The van der Waals surface area contributed by atoms with Crippen LogP contribution in [0.1, 0.15) is 22.6 Å². The first-order valence-corrected chi connectivity index (χ1v) is 10.1. The predicted molar refractivity (Wildman–Crippen MR) is 118 cm³/mol. The Morgan fingerprint density at radius 2 is 2.00 bits per heavy atom. The molecule has 0 radical (unpaired) electrons. The summed E-state index contributed by atoms with van der Waals surface area (Å²) in [5.41, 5.74) is 4.85. The Kier molecular flexibility index (Phi) is 5.69. The number of oxime groups is 1. The summed E-state index contributed by atoms with van der Waals surface area (Å²) in [5.74, 6) is 0.540. The van der Waals surface area contributed by atoms with E-state index in [4.69, 9.17) is 16.4 Å². The number of hydrogen-bond donors (Lipinski definition) is 0. The highest BCUT2D eigenvalue weighted by atomic mass is 35.5. The highest BCUT2D eigenvalue weighted by molar-refractivity contribution is 6.33. The van der Waals surface area contributed by atoms with Gasteiger partial charge in [0.05, 0.1) is 11.6 Å². The molecule has 9 heteroatoms. The topological polar surface area (TPSA) is 72.8 Å². The molecule has 0 unspecified atom stereocenters. The van der Waals surface area contributed by atoms with Crippen LogP contribution in [0.3, 0.4) is 0 Å². The van der Waals surface area contributed by atoms with Crippen LogP contribution in [0, 0.1) is 13.8 Å². The summed E-state index contributed by atoms with van der Waals surface area (Å²) in [6.45, 7) is 6.18. The van der Waals surface area contributed by atoms with Crippen LogP contribution in [-0.2, 0) is 18.0 Å². The maximum Gasteiger partial charge on any atom is 0.192 e. The maximum atomic E-state index is 6.11. The molecule has 156 valence electrons. The molecular weight excluding hydrogens is 402 g/mol. The molecule has 4 aromatic rings. The zero-order chi connectivity index (χ0) is 21.3. The van der Waals surface area contributed by atoms with E-state index >= 15 is 0 Å². The van der Waals surface area contributed by atoms with Gasteiger partial charge in [-0.05, 0) is 39.6 Å². The predicted octanol–water partition coefficient (Wildman–Crippen LogP) is 3.46. The second-order valence-electron chi connectivity index (χ2n) is 7.43. The van der Waals surface area contributed by atoms with Gasteiger partial charge >= 0.3 is 0 Å². The maximum absolute atomic E-state index is 6.11. The van der Waals surface area contributed by atoms with Gasteiger partial charge in [-0.2, -0.15) is 0 Å². The quantitative estimate of drug-likeness (QED) is 0.335. The number of hydrogen-bond acceptors (Lipinski definition) is 6. The van der Waals surface area contributed by atoms with E-state index in [1.54, 1.807) is 23.1 Å². The number of likely N-dealkylation sites (N-methyl/N-ethyl adjacent to an activating group) is 1. The molecule has 0 aliphatic rings. The normalized spacial score (nSPS) is 12.1. The van der Waals surface area contributed by atoms with Crippen molar-refractivity contribution < 1.29 is 4.84 Å². The van der Waals surface area contributed by atoms with E-state index in [0.29, 0.717) is 10.8 Å². The Morgan fingerprint density at radius 3 is 2.77 bits per heavy atom. The lowest BCUT2D eigenvalue weighted by molar-refractivity contribution is 0.126. The van der Waals surface area contributed by atoms with E-state index < -0.39 is 0 Å². The van der Waals surface area contributed by atoms with Gasteiger partial charge in [0, 0.05) is 29.4 Å². The molecule has 30 heavy (non-hydrogen) atoms. The number of aromatic nitrogens is 5. The Bertz CT molecular complexity index is 1230. The minimum atomic E-state index is 0.156. The van der Waals surface area contributed by atoms with Gasteiger partial charge < -0.3 is 14.3 Å². The van der Waals surface area contributed by atoms with Crippen molar-refractivity contribution in [1.82, 2.24) is 29.0 Å². The summed E-state index contributed by atoms with van der Waals surface area (Å²) in [7, 11) is 4.14. The van der Waals surface area contributed by atoms with E-state index in [1.807, 2.05) is 18.2 Å². The number of rotatable bonds is 7. The molecule has 3 heterocycles. The fraction of sp³-hybridized carbons (Fsp3) is 0.333. The number of fused-ring (bicyclic) bond motifs is 3. The van der Waals surface area contributed by atoms with Crippen LogP contribution in [0.4, 0.5) is 0 Å². The smallest absolute Gasteiger partial charge is 0.192 e. The third-order valence-corrected chi connectivity index (χ3v) is 5.47. The SMILES string of the molecule is Cc1c(C)n(CCN(C)C)c2ncn3nc(CON=Cc4ccccc4Cl)nc3c12. The van der Waals surface area contributed by atoms with Crippen molar-refractivity contribution in [3.8, 4) is 0 Å². The summed E-state index contributed by atoms with van der Waals surface area (Å²) in [4.78, 5) is 16.9. The van der Waals surface area contributed by atoms with Crippen molar-refractivity contribution in [3.63, 3.8) is 0 Å². The van der Waals surface area contributed by atoms with Gasteiger partial charge in [-0.3, -0.25) is 0 Å². The van der Waals surface area contributed by atoms with Crippen LogP contribution in [-0.4, -0.2) is 55.9 Å². The summed E-state index contributed by atoms with van der Waals surface area (Å²) in [6.07, 6.45) is 3.28. The van der Waals surface area contributed by atoms with Crippen molar-refractivity contribution in [2.75, 3.05) is 20.6 Å². The average Bonchev–Trinajstić information content (AvgIpc) is 3.24. The van der Waals surface area contributed by atoms with Crippen molar-refractivity contribution in [2.45, 2.75) is 27.0 Å². The summed E-state index contributed by atoms with van der Waals surface area (Å²) >= 11 is 6.11. The second-order valence-corrected chi connectivity index (χ2v) is 7.84. The number of benzene rings is 1. The largest absolute Gasteiger partial charge is 0.387 e. The molecule has 0 saturated carbocycles. The van der Waals surface area contributed by atoms with Crippen LogP contribution in [0.2, 0.25) is 5.02 Å². The molecule has 0 fully saturated rings. The number of nitrogens with zero attached hydrogens (tertiary/aromatic N) is 7. The molecule has 0 N–H and O–H groups in total. The summed E-state index contributed by atoms with van der Waals surface area (Å²) in [5, 5.41) is 10.1. The Labute approximate surface area is 179 Å². The molecule has 4 rings (SSSR count). The molecule has 8 nitrogen and oxygen atoms in total. The third-order valence-electron chi connectivity index (χ3n) is 5.13. The van der Waals surface area contributed by atoms with Crippen molar-refractivity contribution in [3.05, 3.63) is 58.3 Å². The van der Waals surface area contributed by atoms with E-state index in [0.717, 1.165) is 35.3 Å². The Morgan fingerprint density at radius 1 is 1.20 bits per heavy atom. The molecule has 3 aromatic heterocycles. The van der Waals surface area contributed by atoms with Crippen molar-refractivity contribution in [2.24, 2.45) is 5.16 Å². The first-order chi connectivity index (χ1) is 14.5. The van der Waals surface area contributed by atoms with Crippen LogP contribution in [0.5, 0.6) is 0 Å². The van der Waals surface area contributed by atoms with Gasteiger partial charge in [0.25, 0.3) is 0 Å². The van der Waals surface area contributed by atoms with Gasteiger partial charge in [-0.1, -0.05) is 35.0 Å². The molecule has 0 atom stereocenters. The molecule has 0 aliphatic heterocycles. The third kappa shape index (κ3) is 3.88. The van der Waals surface area contributed by atoms with Gasteiger partial charge in [-0.15, -0.1) is 5.10 Å². The zero-order valence-electron chi connectivity index (χ0n) is 17.5. The lowest BCUT2D eigenvalue weighted by Crippen LogP contribution is -2.19. The fourth-order valence-electron chi connectivity index (χ4n) is 3.38. The number of aryl methyl sites for hydroxylation is 1. The van der Waals surface area contributed by atoms with E-state index in [2.05, 4.69) is 57.6 Å². The number of halogens is 1. The molecule has 0 aliphatic carbocycles. The summed E-state index contributed by atoms with van der Waals surface area (Å²) in [6, 6.07) is 7.43. The highest BCUT2D eigenvalue weighted by Gasteiger charge is 2.18. The van der Waals surface area contributed by atoms with Gasteiger partial charge in [0.15, 0.2) is 18.1 Å². The van der Waals surface area contributed by atoms with Gasteiger partial charge in [0.2, 0.25) is 0 Å². The van der Waals surface area contributed by atoms with Crippen LogP contribution in [0.15, 0.2) is 35.7 Å². The Hall–Kier alpha value is -2.97. The first-order valence-electron chi connectivity index (χ1n) is 9.70. The van der Waals surface area contributed by atoms with Crippen LogP contribution >= 0.6 is 11.6 Å². The molecule has 1 aromatic carbocycles.